The lowest BCUT2D eigenvalue weighted by molar-refractivity contribution is -0.231. The van der Waals surface area contributed by atoms with Crippen molar-refractivity contribution >= 4 is 5.78 Å². The number of hydrogen-bond donors (Lipinski definition) is 1. The van der Waals surface area contributed by atoms with Gasteiger partial charge in [0.05, 0.1) is 18.1 Å². The van der Waals surface area contributed by atoms with E-state index >= 15 is 0 Å². The van der Waals surface area contributed by atoms with Crippen LogP contribution >= 0.6 is 0 Å². The minimum absolute atomic E-state index is 0.161. The summed E-state index contributed by atoms with van der Waals surface area (Å²) in [5.41, 5.74) is -0.183. The van der Waals surface area contributed by atoms with E-state index in [0.29, 0.717) is 11.7 Å². The van der Waals surface area contributed by atoms with E-state index in [-0.39, 0.29) is 17.2 Å². The molecule has 0 radical (unpaired) electrons. The predicted molar refractivity (Wildman–Crippen MR) is 97.3 cm³/mol. The molecule has 5 aliphatic carbocycles. The summed E-state index contributed by atoms with van der Waals surface area (Å²) in [5.74, 6) is 2.07. The Kier molecular flexibility index (Phi) is 2.95. The molecular formula is C22H29NO3. The fraction of sp³-hybridized carbons (Fsp3) is 0.773. The molecule has 4 nitrogen and oxygen atoms in total. The third-order valence-electron chi connectivity index (χ3n) is 9.05. The lowest BCUT2D eigenvalue weighted by Gasteiger charge is -2.68. The highest BCUT2D eigenvalue weighted by Crippen LogP contribution is 2.76. The summed E-state index contributed by atoms with van der Waals surface area (Å²) >= 11 is 0. The Morgan fingerprint density at radius 1 is 1.23 bits per heavy atom. The van der Waals surface area contributed by atoms with Crippen molar-refractivity contribution in [2.75, 3.05) is 20.2 Å². The van der Waals surface area contributed by atoms with Crippen LogP contribution in [0.15, 0.2) is 23.5 Å². The van der Waals surface area contributed by atoms with Crippen LogP contribution in [0.1, 0.15) is 51.4 Å². The Morgan fingerprint density at radius 3 is 2.85 bits per heavy atom. The van der Waals surface area contributed by atoms with Crippen LogP contribution in [0.4, 0.5) is 0 Å². The minimum Gasteiger partial charge on any atom is -0.493 e. The number of fused-ring (bicyclic) bond motifs is 1. The van der Waals surface area contributed by atoms with Gasteiger partial charge in [-0.3, -0.25) is 9.69 Å². The van der Waals surface area contributed by atoms with Gasteiger partial charge in [-0.1, -0.05) is 11.6 Å². The molecule has 6 aliphatic rings. The summed E-state index contributed by atoms with van der Waals surface area (Å²) in [5, 5.41) is 12.2. The van der Waals surface area contributed by atoms with Crippen molar-refractivity contribution in [1.82, 2.24) is 4.90 Å². The fourth-order valence-corrected chi connectivity index (χ4v) is 7.85. The van der Waals surface area contributed by atoms with Crippen LogP contribution in [-0.4, -0.2) is 47.6 Å². The van der Waals surface area contributed by atoms with Gasteiger partial charge in [0, 0.05) is 18.0 Å². The Hall–Kier alpha value is -1.13. The Morgan fingerprint density at radius 2 is 2.08 bits per heavy atom. The van der Waals surface area contributed by atoms with Crippen LogP contribution in [0.5, 0.6) is 0 Å². The third-order valence-corrected chi connectivity index (χ3v) is 9.05. The lowest BCUT2D eigenvalue weighted by Crippen LogP contribution is -2.75. The number of carbonyl (C=O) groups is 1. The highest BCUT2D eigenvalue weighted by Gasteiger charge is 2.78. The molecule has 5 fully saturated rings. The monoisotopic (exact) mass is 355 g/mol. The smallest absolute Gasteiger partial charge is 0.208 e. The molecule has 1 N–H and O–H groups in total. The van der Waals surface area contributed by atoms with Crippen molar-refractivity contribution in [2.24, 2.45) is 22.7 Å². The average Bonchev–Trinajstić information content (AvgIpc) is 3.38. The number of aliphatic hydroxyl groups is 1. The second kappa shape index (κ2) is 4.82. The van der Waals surface area contributed by atoms with Crippen LogP contribution in [0.25, 0.3) is 0 Å². The number of allylic oxidation sites excluding steroid dienone is 3. The molecule has 1 aliphatic heterocycles. The van der Waals surface area contributed by atoms with Crippen LogP contribution in [0.3, 0.4) is 0 Å². The predicted octanol–water partition coefficient (Wildman–Crippen LogP) is 2.82. The molecule has 0 amide bonds. The molecule has 0 aromatic heterocycles. The Labute approximate surface area is 155 Å². The molecule has 0 aromatic rings. The molecule has 2 unspecified atom stereocenters. The Balaban J connectivity index is 1.53. The first-order chi connectivity index (χ1) is 12.5. The van der Waals surface area contributed by atoms with Crippen molar-refractivity contribution in [3.05, 3.63) is 23.5 Å². The molecule has 4 heteroatoms. The van der Waals surface area contributed by atoms with E-state index in [9.17, 15) is 9.90 Å². The van der Waals surface area contributed by atoms with Gasteiger partial charge in [0.15, 0.2) is 5.76 Å². The molecule has 26 heavy (non-hydrogen) atoms. The zero-order valence-corrected chi connectivity index (χ0v) is 15.7. The quantitative estimate of drug-likeness (QED) is 0.846. The summed E-state index contributed by atoms with van der Waals surface area (Å²) in [7, 11) is 1.61. The van der Waals surface area contributed by atoms with Crippen molar-refractivity contribution in [3.8, 4) is 0 Å². The molecule has 1 heterocycles. The van der Waals surface area contributed by atoms with Crippen LogP contribution in [-0.2, 0) is 9.53 Å². The molecule has 0 aromatic carbocycles. The summed E-state index contributed by atoms with van der Waals surface area (Å²) in [4.78, 5) is 16.3. The molecule has 5 atom stereocenters. The van der Waals surface area contributed by atoms with E-state index in [1.807, 2.05) is 6.08 Å². The first-order valence-electron chi connectivity index (χ1n) is 10.5. The van der Waals surface area contributed by atoms with Crippen molar-refractivity contribution < 1.29 is 14.6 Å². The number of ether oxygens (including phenoxy) is 1. The first kappa shape index (κ1) is 15.9. The van der Waals surface area contributed by atoms with Crippen LogP contribution in [0, 0.1) is 22.7 Å². The SMILES string of the molecule is COC1=CC=C2C[C@H]3N(CC4CC4)CC[C@]45CC(CC[C@@]34O)CC25C1=O. The highest BCUT2D eigenvalue weighted by atomic mass is 16.5. The molecular weight excluding hydrogens is 326 g/mol. The molecule has 2 spiro atoms. The number of piperidine rings is 1. The van der Waals surface area contributed by atoms with Gasteiger partial charge in [-0.25, -0.2) is 0 Å². The summed E-state index contributed by atoms with van der Waals surface area (Å²) < 4.78 is 5.47. The number of methoxy groups -OCH3 is 1. The van der Waals surface area contributed by atoms with E-state index in [0.717, 1.165) is 57.5 Å². The minimum atomic E-state index is -0.712. The van der Waals surface area contributed by atoms with Crippen molar-refractivity contribution in [2.45, 2.75) is 63.0 Å². The summed E-state index contributed by atoms with van der Waals surface area (Å²) in [6, 6.07) is 0.195. The van der Waals surface area contributed by atoms with E-state index in [1.54, 1.807) is 7.11 Å². The van der Waals surface area contributed by atoms with Gasteiger partial charge in [0.1, 0.15) is 0 Å². The number of Topliss-reactive ketones (excluding diaryl/α,β-unsaturated/α-hetero) is 1. The number of likely N-dealkylation sites (tertiary alicyclic amines) is 1. The van der Waals surface area contributed by atoms with Crippen molar-refractivity contribution in [3.63, 3.8) is 0 Å². The standard InChI is InChI=1S/C22H29NO3/c1-26-17-5-4-16-10-18-22(25)7-6-15-11-20(22,21(16,12-15)19(17)24)8-9-23(18)13-14-2-3-14/h4-5,14-15,18,25H,2-3,6-13H2,1H3/t15?,18-,20-,21?,22-/m1/s1. The lowest BCUT2D eigenvalue weighted by atomic mass is 9.42. The van der Waals surface area contributed by atoms with Gasteiger partial charge in [0.2, 0.25) is 5.78 Å². The maximum atomic E-state index is 13.7. The van der Waals surface area contributed by atoms with E-state index in [2.05, 4.69) is 11.0 Å². The second-order valence-electron chi connectivity index (χ2n) is 9.89. The molecule has 140 valence electrons. The zero-order valence-electron chi connectivity index (χ0n) is 15.7. The second-order valence-corrected chi connectivity index (χ2v) is 9.89. The maximum absolute atomic E-state index is 13.7. The van der Waals surface area contributed by atoms with E-state index in [1.165, 1.54) is 18.4 Å². The highest BCUT2D eigenvalue weighted by molar-refractivity contribution is 6.03. The maximum Gasteiger partial charge on any atom is 0.208 e. The van der Waals surface area contributed by atoms with Gasteiger partial charge >= 0.3 is 0 Å². The number of nitrogens with zero attached hydrogens (tertiary/aromatic N) is 1. The van der Waals surface area contributed by atoms with Gasteiger partial charge in [-0.05, 0) is 75.8 Å². The van der Waals surface area contributed by atoms with Crippen LogP contribution in [0.2, 0.25) is 0 Å². The van der Waals surface area contributed by atoms with Crippen LogP contribution < -0.4 is 0 Å². The summed E-state index contributed by atoms with van der Waals surface area (Å²) in [6.45, 7) is 2.18. The Bertz CT molecular complexity index is 752. The largest absolute Gasteiger partial charge is 0.493 e. The molecule has 1 saturated heterocycles. The topological polar surface area (TPSA) is 49.8 Å². The average molecular weight is 355 g/mol. The van der Waals surface area contributed by atoms with Gasteiger partial charge in [-0.15, -0.1) is 0 Å². The number of carbonyl (C=O) groups excluding carboxylic acids is 1. The first-order valence-corrected chi connectivity index (χ1v) is 10.5. The van der Waals surface area contributed by atoms with Gasteiger partial charge in [-0.2, -0.15) is 0 Å². The third kappa shape index (κ3) is 1.59. The molecule has 3 bridgehead atoms. The van der Waals surface area contributed by atoms with Crippen molar-refractivity contribution in [1.29, 1.82) is 0 Å². The summed E-state index contributed by atoms with van der Waals surface area (Å²) in [6.07, 6.45) is 12.5. The van der Waals surface area contributed by atoms with Gasteiger partial charge in [0.25, 0.3) is 0 Å². The number of ketones is 1. The van der Waals surface area contributed by atoms with Gasteiger partial charge < -0.3 is 9.84 Å². The molecule has 6 rings (SSSR count). The zero-order chi connectivity index (χ0) is 17.7. The molecule has 4 saturated carbocycles. The fourth-order valence-electron chi connectivity index (χ4n) is 7.85. The van der Waals surface area contributed by atoms with E-state index < -0.39 is 11.0 Å². The normalized spacial score (nSPS) is 49.4. The number of rotatable bonds is 3. The number of hydrogen-bond acceptors (Lipinski definition) is 4. The van der Waals surface area contributed by atoms with E-state index in [4.69, 9.17) is 4.74 Å².